The van der Waals surface area contributed by atoms with Crippen molar-refractivity contribution >= 4 is 40.8 Å². The number of methoxy groups -OCH3 is 2. The number of aliphatic hydroxyl groups excluding tert-OH is 1. The fraction of sp³-hybridized carbons (Fsp3) is 0.778. The number of carbonyl (C=O) groups excluding carboxylic acids is 4. The Kier molecular flexibility index (Phi) is 23.4. The van der Waals surface area contributed by atoms with Crippen LogP contribution in [0.15, 0.2) is 47.6 Å². The van der Waals surface area contributed by atoms with E-state index in [1.54, 1.807) is 53.4 Å². The SMILES string of the molecule is CO[C@@H]1C[C@H](CC(C)[C@@H]2CC[C@H](C)/C=C(\C)[C@@H](O)[C@@H](OC)C(=O)[C@H](C)C[C@H](C)/C=C/C=C/C=C(\C)[C@@H](N(C)S(C)(=O)=O)C[C@@H]3CC[C@@H](C)[C@@](O)(O3)C(=O)C(=O)N3CCCC[C@H]3C(=O)O2)CC[C@H]1OP(C)(C)=O. The summed E-state index contributed by atoms with van der Waals surface area (Å²) in [7, 11) is -1.99. The monoisotopic (exact) mass is 1050 g/mol. The third-order valence-electron chi connectivity index (χ3n) is 15.6. The van der Waals surface area contributed by atoms with E-state index in [0.717, 1.165) is 12.7 Å². The van der Waals surface area contributed by atoms with Crippen LogP contribution >= 0.6 is 7.37 Å². The minimum Gasteiger partial charge on any atom is -0.461 e. The number of fused-ring (bicyclic) bond motifs is 3. The molecule has 3 fully saturated rings. The molecule has 15 atom stereocenters. The number of allylic oxidation sites excluding steroid dienone is 6. The van der Waals surface area contributed by atoms with Crippen molar-refractivity contribution in [3.05, 3.63) is 47.6 Å². The lowest BCUT2D eigenvalue weighted by atomic mass is 9.78. The number of likely N-dealkylation sites (N-methyl/N-ethyl adjacent to an activating group) is 1. The molecule has 16 nitrogen and oxygen atoms in total. The summed E-state index contributed by atoms with van der Waals surface area (Å²) >= 11 is 0. The zero-order valence-corrected chi connectivity index (χ0v) is 47.2. The van der Waals surface area contributed by atoms with Crippen molar-refractivity contribution in [1.29, 1.82) is 0 Å². The van der Waals surface area contributed by atoms with Gasteiger partial charge < -0.3 is 38.6 Å². The van der Waals surface area contributed by atoms with E-state index in [-0.39, 0.29) is 61.0 Å². The molecule has 2 saturated heterocycles. The molecule has 0 aromatic carbocycles. The van der Waals surface area contributed by atoms with E-state index >= 15 is 0 Å². The van der Waals surface area contributed by atoms with Gasteiger partial charge in [0.25, 0.3) is 11.7 Å². The Hall–Kier alpha value is -2.86. The summed E-state index contributed by atoms with van der Waals surface area (Å²) in [6.45, 7) is 16.3. The van der Waals surface area contributed by atoms with E-state index in [1.165, 1.54) is 23.4 Å². The number of ether oxygens (including phenoxy) is 4. The van der Waals surface area contributed by atoms with E-state index < -0.39 is 89.2 Å². The molecule has 3 heterocycles. The van der Waals surface area contributed by atoms with Crippen molar-refractivity contribution in [2.75, 3.05) is 47.4 Å². The third kappa shape index (κ3) is 17.1. The summed E-state index contributed by atoms with van der Waals surface area (Å²) in [5.74, 6) is -6.97. The van der Waals surface area contributed by atoms with Crippen molar-refractivity contribution in [2.45, 2.75) is 186 Å². The summed E-state index contributed by atoms with van der Waals surface area (Å²) in [5.41, 5.74) is 1.25. The highest BCUT2D eigenvalue weighted by molar-refractivity contribution is 7.88. The van der Waals surface area contributed by atoms with E-state index in [1.807, 2.05) is 52.0 Å². The summed E-state index contributed by atoms with van der Waals surface area (Å²) in [5, 5.41) is 23.7. The fourth-order valence-corrected chi connectivity index (χ4v) is 12.7. The molecular weight excluding hydrogens is 964 g/mol. The van der Waals surface area contributed by atoms with Crippen molar-refractivity contribution in [2.24, 2.45) is 35.5 Å². The number of aliphatic hydroxyl groups is 2. The van der Waals surface area contributed by atoms with Gasteiger partial charge in [-0.25, -0.2) is 13.2 Å². The summed E-state index contributed by atoms with van der Waals surface area (Å²) in [6.07, 6.45) is 14.4. The lowest BCUT2D eigenvalue weighted by Gasteiger charge is -2.43. The third-order valence-corrected chi connectivity index (χ3v) is 17.7. The van der Waals surface area contributed by atoms with Crippen LogP contribution in [-0.4, -0.2) is 153 Å². The summed E-state index contributed by atoms with van der Waals surface area (Å²) in [6, 6.07) is -1.83. The Labute approximate surface area is 431 Å². The number of hydrogen-bond donors (Lipinski definition) is 2. The molecule has 18 heteroatoms. The Morgan fingerprint density at radius 2 is 1.57 bits per heavy atom. The first-order valence-electron chi connectivity index (χ1n) is 26.2. The van der Waals surface area contributed by atoms with E-state index in [4.69, 9.17) is 23.5 Å². The van der Waals surface area contributed by atoms with Gasteiger partial charge in [0.15, 0.2) is 13.2 Å². The van der Waals surface area contributed by atoms with Crippen molar-refractivity contribution < 1.29 is 65.8 Å². The van der Waals surface area contributed by atoms with E-state index in [0.29, 0.717) is 75.4 Å². The van der Waals surface area contributed by atoms with Crippen molar-refractivity contribution in [1.82, 2.24) is 9.21 Å². The van der Waals surface area contributed by atoms with E-state index in [9.17, 15) is 42.4 Å². The van der Waals surface area contributed by atoms with Crippen LogP contribution in [0.5, 0.6) is 0 Å². The molecule has 0 radical (unpaired) electrons. The van der Waals surface area contributed by atoms with E-state index in [2.05, 4.69) is 0 Å². The molecule has 0 spiro atoms. The van der Waals surface area contributed by atoms with Gasteiger partial charge in [-0.05, 0) is 127 Å². The Morgan fingerprint density at radius 1 is 0.875 bits per heavy atom. The lowest BCUT2D eigenvalue weighted by Crippen LogP contribution is -2.61. The van der Waals surface area contributed by atoms with Gasteiger partial charge in [-0.1, -0.05) is 76.6 Å². The Balaban J connectivity index is 1.72. The second-order valence-electron chi connectivity index (χ2n) is 22.1. The average molecular weight is 1050 g/mol. The van der Waals surface area contributed by atoms with Crippen LogP contribution in [0, 0.1) is 35.5 Å². The number of ketones is 2. The topological polar surface area (TPSA) is 213 Å². The second kappa shape index (κ2) is 27.3. The molecule has 0 aromatic rings. The number of amides is 1. The van der Waals surface area contributed by atoms with Gasteiger partial charge in [-0.15, -0.1) is 0 Å². The predicted octanol–water partition coefficient (Wildman–Crippen LogP) is 7.81. The molecule has 2 N–H and O–H groups in total. The van der Waals surface area contributed by atoms with Crippen LogP contribution < -0.4 is 0 Å². The second-order valence-corrected chi connectivity index (χ2v) is 26.8. The molecule has 4 rings (SSSR count). The first-order valence-corrected chi connectivity index (χ1v) is 30.6. The Morgan fingerprint density at radius 3 is 2.21 bits per heavy atom. The highest BCUT2D eigenvalue weighted by Gasteiger charge is 2.53. The normalized spacial score (nSPS) is 38.2. The number of sulfonamides is 1. The maximum absolute atomic E-state index is 14.6. The number of rotatable bonds is 9. The van der Waals surface area contributed by atoms with Gasteiger partial charge >= 0.3 is 5.97 Å². The Bertz CT molecular complexity index is 2140. The smallest absolute Gasteiger partial charge is 0.329 e. The maximum atomic E-state index is 14.6. The van der Waals surface area contributed by atoms with Gasteiger partial charge in [-0.2, -0.15) is 4.31 Å². The molecule has 1 unspecified atom stereocenters. The first kappa shape index (κ1) is 61.7. The molecule has 0 aromatic heterocycles. The number of esters is 1. The lowest BCUT2D eigenvalue weighted by molar-refractivity contribution is -0.264. The molecule has 1 aliphatic carbocycles. The van der Waals surface area contributed by atoms with Gasteiger partial charge in [0, 0.05) is 59.0 Å². The van der Waals surface area contributed by atoms with Crippen molar-refractivity contribution in [3.8, 4) is 0 Å². The molecule has 72 heavy (non-hydrogen) atoms. The fourth-order valence-electron chi connectivity index (χ4n) is 11.1. The van der Waals surface area contributed by atoms with Gasteiger partial charge in [0.05, 0.1) is 24.6 Å². The van der Waals surface area contributed by atoms with Gasteiger partial charge in [0.2, 0.25) is 15.8 Å². The highest BCUT2D eigenvalue weighted by Crippen LogP contribution is 2.45. The van der Waals surface area contributed by atoms with Crippen LogP contribution in [0.25, 0.3) is 0 Å². The number of carbonyl (C=O) groups is 4. The summed E-state index contributed by atoms with van der Waals surface area (Å²) in [4.78, 5) is 58.4. The summed E-state index contributed by atoms with van der Waals surface area (Å²) < 4.78 is 69.9. The van der Waals surface area contributed by atoms with Crippen LogP contribution in [0.3, 0.4) is 0 Å². The quantitative estimate of drug-likeness (QED) is 0.0976. The molecule has 1 saturated carbocycles. The first-order chi connectivity index (χ1) is 33.6. The zero-order chi connectivity index (χ0) is 53.9. The average Bonchev–Trinajstić information content (AvgIpc) is 3.31. The number of Topliss-reactive ketones (excluding diaryl/α,β-unsaturated/α-hetero) is 2. The standard InChI is InChI=1S/C54H89N2O14PS/c1-34-19-15-14-16-20-36(3)44(55(8)72(13,64)65)33-42-25-23-40(7)54(62,69-42)51(59)52(60)56-28-18-17-21-43(56)53(61)68-45(37(4)31-41-24-27-46(47(32-41)66-9)70-71(11,12)63)26-22-35(2)30-39(6)49(58)50(67-10)48(57)38(5)29-34/h14-16,19-20,30,34-35,37-38,40-47,49-50,58,62H,17-18,21-29,31-33H2,1-13H3/b16-14+,19-15+,36-20+,39-30+/t34-,35+,37?,38-,40-,41+,42+,43+,44+,45+,46-,47-,49-,50+,54-/m1/s1. The molecular formula is C54H89N2O14PS. The van der Waals surface area contributed by atoms with Crippen LogP contribution in [-0.2, 0) is 57.2 Å². The maximum Gasteiger partial charge on any atom is 0.329 e. The van der Waals surface area contributed by atoms with Gasteiger partial charge in [0.1, 0.15) is 24.4 Å². The van der Waals surface area contributed by atoms with Crippen LogP contribution in [0.4, 0.5) is 0 Å². The number of piperidine rings is 1. The van der Waals surface area contributed by atoms with Crippen molar-refractivity contribution in [3.63, 3.8) is 0 Å². The minimum absolute atomic E-state index is 0.0163. The molecule has 4 aliphatic rings. The largest absolute Gasteiger partial charge is 0.461 e. The van der Waals surface area contributed by atoms with Crippen LogP contribution in [0.2, 0.25) is 0 Å². The van der Waals surface area contributed by atoms with Gasteiger partial charge in [-0.3, -0.25) is 18.9 Å². The molecule has 2 bridgehead atoms. The highest BCUT2D eigenvalue weighted by atomic mass is 32.2. The number of nitrogens with zero attached hydrogens (tertiary/aromatic N) is 2. The number of cyclic esters (lactones) is 1. The molecule has 1 amide bonds. The molecule has 410 valence electrons. The molecule has 3 aliphatic heterocycles. The predicted molar refractivity (Wildman–Crippen MR) is 279 cm³/mol. The number of hydrogen-bond acceptors (Lipinski definition) is 14. The zero-order valence-electron chi connectivity index (χ0n) is 45.5. The minimum atomic E-state index is -3.72. The van der Waals surface area contributed by atoms with Crippen LogP contribution in [0.1, 0.15) is 132 Å².